The number of nitrogens with zero attached hydrogens (tertiary/aromatic N) is 1. The molecule has 3 aromatic carbocycles. The van der Waals surface area contributed by atoms with Crippen molar-refractivity contribution in [2.75, 3.05) is 11.5 Å². The third-order valence-corrected chi connectivity index (χ3v) is 9.04. The van der Waals surface area contributed by atoms with Gasteiger partial charge in [-0.25, -0.2) is 0 Å². The van der Waals surface area contributed by atoms with Gasteiger partial charge >= 0.3 is 0 Å². The van der Waals surface area contributed by atoms with Gasteiger partial charge in [0.15, 0.2) is 0 Å². The molecule has 2 heteroatoms. The number of allylic oxidation sites excluding steroid dienone is 7. The maximum atomic E-state index is 6.68. The lowest BCUT2D eigenvalue weighted by atomic mass is 9.88. The summed E-state index contributed by atoms with van der Waals surface area (Å²) in [5.74, 6) is 4.95. The summed E-state index contributed by atoms with van der Waals surface area (Å²) in [7, 11) is 0. The molecule has 3 aliphatic carbocycles. The van der Waals surface area contributed by atoms with Crippen molar-refractivity contribution in [1.29, 1.82) is 0 Å². The number of rotatable bonds is 7. The number of hydrogen-bond donors (Lipinski definition) is 0. The molecule has 0 amide bonds. The Labute approximate surface area is 251 Å². The van der Waals surface area contributed by atoms with Gasteiger partial charge in [-0.2, -0.15) is 0 Å². The van der Waals surface area contributed by atoms with Gasteiger partial charge in [-0.3, -0.25) is 0 Å². The highest BCUT2D eigenvalue weighted by Gasteiger charge is 2.30. The first-order valence-corrected chi connectivity index (χ1v) is 15.6. The molecule has 1 fully saturated rings. The van der Waals surface area contributed by atoms with Crippen LogP contribution in [0.5, 0.6) is 0 Å². The molecule has 6 rings (SSSR count). The quantitative estimate of drug-likeness (QED) is 0.214. The van der Waals surface area contributed by atoms with Crippen LogP contribution in [0.1, 0.15) is 56.1 Å². The van der Waals surface area contributed by atoms with Gasteiger partial charge in [-0.15, -0.1) is 6.42 Å². The molecule has 2 atom stereocenters. The zero-order valence-corrected chi connectivity index (χ0v) is 24.7. The summed E-state index contributed by atoms with van der Waals surface area (Å²) in [5, 5.41) is 2.45. The Morgan fingerprint density at radius 2 is 1.64 bits per heavy atom. The lowest BCUT2D eigenvalue weighted by molar-refractivity contribution is 0.124. The lowest BCUT2D eigenvalue weighted by Crippen LogP contribution is -2.24. The average Bonchev–Trinajstić information content (AvgIpc) is 3.19. The summed E-state index contributed by atoms with van der Waals surface area (Å²) in [6, 6.07) is 21.8. The third-order valence-electron chi connectivity index (χ3n) is 9.04. The van der Waals surface area contributed by atoms with Crippen LogP contribution >= 0.6 is 0 Å². The van der Waals surface area contributed by atoms with E-state index in [1.807, 2.05) is 6.08 Å². The first kappa shape index (κ1) is 27.9. The number of aryl methyl sites for hydroxylation is 1. The van der Waals surface area contributed by atoms with Crippen LogP contribution in [0.3, 0.4) is 0 Å². The highest BCUT2D eigenvalue weighted by atomic mass is 16.5. The van der Waals surface area contributed by atoms with Gasteiger partial charge in [0.05, 0.1) is 18.0 Å². The van der Waals surface area contributed by atoms with E-state index >= 15 is 0 Å². The summed E-state index contributed by atoms with van der Waals surface area (Å²) < 4.78 is 6.68. The Bertz CT molecular complexity index is 1600. The van der Waals surface area contributed by atoms with E-state index in [0.29, 0.717) is 5.92 Å². The zero-order chi connectivity index (χ0) is 28.7. The molecular formula is C40H41NO. The molecule has 2 bridgehead atoms. The normalized spacial score (nSPS) is 20.8. The van der Waals surface area contributed by atoms with Gasteiger partial charge in [0.25, 0.3) is 0 Å². The van der Waals surface area contributed by atoms with Gasteiger partial charge in [-0.05, 0) is 85.9 Å². The van der Waals surface area contributed by atoms with E-state index in [-0.39, 0.29) is 11.8 Å². The summed E-state index contributed by atoms with van der Waals surface area (Å²) in [5.41, 5.74) is 5.88. The summed E-state index contributed by atoms with van der Waals surface area (Å²) in [6.07, 6.45) is 32.1. The van der Waals surface area contributed by atoms with E-state index in [1.165, 1.54) is 59.8 Å². The number of terminal acetylenes is 1. The van der Waals surface area contributed by atoms with Crippen molar-refractivity contribution in [3.63, 3.8) is 0 Å². The molecule has 42 heavy (non-hydrogen) atoms. The predicted molar refractivity (Wildman–Crippen MR) is 178 cm³/mol. The van der Waals surface area contributed by atoms with Crippen LogP contribution in [-0.2, 0) is 4.74 Å². The highest BCUT2D eigenvalue weighted by Crippen LogP contribution is 2.44. The Morgan fingerprint density at radius 1 is 0.881 bits per heavy atom. The molecule has 2 unspecified atom stereocenters. The van der Waals surface area contributed by atoms with Crippen LogP contribution in [0.15, 0.2) is 115 Å². The average molecular weight is 552 g/mol. The minimum absolute atomic E-state index is 0.218. The van der Waals surface area contributed by atoms with Crippen molar-refractivity contribution in [3.8, 4) is 12.3 Å². The van der Waals surface area contributed by atoms with Gasteiger partial charge in [0.1, 0.15) is 5.76 Å². The molecule has 212 valence electrons. The maximum Gasteiger partial charge on any atom is 0.103 e. The van der Waals surface area contributed by atoms with Crippen LogP contribution in [0.2, 0.25) is 0 Å². The number of benzene rings is 3. The van der Waals surface area contributed by atoms with Gasteiger partial charge < -0.3 is 9.64 Å². The van der Waals surface area contributed by atoms with Crippen molar-refractivity contribution < 1.29 is 4.74 Å². The minimum atomic E-state index is 0.218. The van der Waals surface area contributed by atoms with E-state index in [2.05, 4.69) is 121 Å². The van der Waals surface area contributed by atoms with Crippen LogP contribution < -0.4 is 4.90 Å². The van der Waals surface area contributed by atoms with E-state index in [1.54, 1.807) is 0 Å². The second kappa shape index (κ2) is 13.2. The Kier molecular flexibility index (Phi) is 8.76. The number of ether oxygens (including phenoxy) is 1. The molecular weight excluding hydrogens is 510 g/mol. The SMILES string of the molecule is C#CC=Cc1c(C)cccc1N(C1=CC=C(OCC2CCCCC2)C2C=CCC=CC1C2)c1cccc2ccccc12. The monoisotopic (exact) mass is 551 g/mol. The molecule has 0 heterocycles. The highest BCUT2D eigenvalue weighted by molar-refractivity contribution is 5.98. The van der Waals surface area contributed by atoms with E-state index in [0.717, 1.165) is 36.5 Å². The van der Waals surface area contributed by atoms with Crippen LogP contribution in [0.4, 0.5) is 11.4 Å². The van der Waals surface area contributed by atoms with Crippen molar-refractivity contribution in [2.45, 2.75) is 51.9 Å². The first-order chi connectivity index (χ1) is 20.7. The first-order valence-electron chi connectivity index (χ1n) is 15.6. The summed E-state index contributed by atoms with van der Waals surface area (Å²) in [4.78, 5) is 2.48. The van der Waals surface area contributed by atoms with E-state index in [9.17, 15) is 0 Å². The van der Waals surface area contributed by atoms with E-state index in [4.69, 9.17) is 11.2 Å². The van der Waals surface area contributed by atoms with E-state index < -0.39 is 0 Å². The van der Waals surface area contributed by atoms with Crippen LogP contribution in [0.25, 0.3) is 16.8 Å². The standard InChI is InChI=1S/C40H41NO/c1-3-4-22-35-30(2)15-13-24-38(35)41(39-25-14-21-32-18-11-12-23-36(32)39)37-26-27-40(42-29-31-16-7-5-8-17-31)34-20-10-6-9-19-33(37)28-34/h1,4,9-15,18-27,31,33-34H,5-8,16-17,28-29H2,2H3. The fraction of sp³-hybridized carbons (Fsp3) is 0.300. The molecule has 0 radical (unpaired) electrons. The van der Waals surface area contributed by atoms with Gasteiger partial charge in [0.2, 0.25) is 0 Å². The summed E-state index contributed by atoms with van der Waals surface area (Å²) >= 11 is 0. The topological polar surface area (TPSA) is 12.5 Å². The van der Waals surface area contributed by atoms with Crippen molar-refractivity contribution >= 4 is 28.2 Å². The Balaban J connectivity index is 1.51. The molecule has 0 aliphatic heterocycles. The van der Waals surface area contributed by atoms with Crippen molar-refractivity contribution in [2.24, 2.45) is 17.8 Å². The zero-order valence-electron chi connectivity index (χ0n) is 24.7. The Morgan fingerprint density at radius 3 is 2.50 bits per heavy atom. The second-order valence-electron chi connectivity index (χ2n) is 11.9. The molecule has 3 aliphatic rings. The predicted octanol–water partition coefficient (Wildman–Crippen LogP) is 10.4. The maximum absolute atomic E-state index is 6.68. The van der Waals surface area contributed by atoms with Crippen molar-refractivity contribution in [1.82, 2.24) is 0 Å². The fourth-order valence-corrected chi connectivity index (χ4v) is 6.82. The van der Waals surface area contributed by atoms with Crippen LogP contribution in [0, 0.1) is 37.0 Å². The molecule has 0 saturated heterocycles. The van der Waals surface area contributed by atoms with Gasteiger partial charge in [-0.1, -0.05) is 98.0 Å². The summed E-state index contributed by atoms with van der Waals surface area (Å²) in [6.45, 7) is 2.99. The third kappa shape index (κ3) is 6.02. The lowest BCUT2D eigenvalue weighted by Gasteiger charge is -2.34. The fourth-order valence-electron chi connectivity index (χ4n) is 6.82. The molecule has 3 aromatic rings. The molecule has 0 spiro atoms. The second-order valence-corrected chi connectivity index (χ2v) is 11.9. The smallest absolute Gasteiger partial charge is 0.103 e. The van der Waals surface area contributed by atoms with Crippen molar-refractivity contribution in [3.05, 3.63) is 126 Å². The minimum Gasteiger partial charge on any atom is -0.497 e. The number of fused-ring (bicyclic) bond motifs is 3. The Hall–Kier alpha value is -4.22. The van der Waals surface area contributed by atoms with Crippen LogP contribution in [-0.4, -0.2) is 6.61 Å². The largest absolute Gasteiger partial charge is 0.497 e. The molecule has 2 nitrogen and oxygen atoms in total. The molecule has 0 N–H and O–H groups in total. The number of hydrogen-bond acceptors (Lipinski definition) is 2. The van der Waals surface area contributed by atoms with Gasteiger partial charge in [0, 0.05) is 28.5 Å². The molecule has 1 saturated carbocycles. The molecule has 0 aromatic heterocycles. The number of anilines is 2.